The number of rotatable bonds is 6. The molecule has 0 aliphatic carbocycles. The minimum atomic E-state index is -1.33. The third-order valence-corrected chi connectivity index (χ3v) is 2.87. The largest absolute Gasteiger partial charge is 0.477 e. The molecule has 21 heavy (non-hydrogen) atoms. The van der Waals surface area contributed by atoms with Crippen LogP contribution < -0.4 is 5.32 Å². The quantitative estimate of drug-likeness (QED) is 0.621. The van der Waals surface area contributed by atoms with Gasteiger partial charge in [-0.3, -0.25) is 14.8 Å². The number of nitro groups is 1. The maximum atomic E-state index is 11.1. The van der Waals surface area contributed by atoms with Crippen LogP contribution >= 0.6 is 0 Å². The number of hydrogen-bond acceptors (Lipinski definition) is 5. The summed E-state index contributed by atoms with van der Waals surface area (Å²) in [5.41, 5.74) is 0.444. The second kappa shape index (κ2) is 6.04. The van der Waals surface area contributed by atoms with Gasteiger partial charge in [-0.05, 0) is 24.6 Å². The molecule has 8 heteroatoms. The van der Waals surface area contributed by atoms with Gasteiger partial charge in [0.2, 0.25) is 0 Å². The van der Waals surface area contributed by atoms with E-state index < -0.39 is 16.6 Å². The average Bonchev–Trinajstić information content (AvgIpc) is 2.83. The van der Waals surface area contributed by atoms with Crippen molar-refractivity contribution in [3.63, 3.8) is 0 Å². The smallest absolute Gasteiger partial charge is 0.342 e. The number of anilines is 1. The molecule has 8 nitrogen and oxygen atoms in total. The third kappa shape index (κ3) is 3.35. The molecule has 0 bridgehead atoms. The minimum Gasteiger partial charge on any atom is -0.477 e. The number of aromatic nitrogens is 2. The van der Waals surface area contributed by atoms with Crippen molar-refractivity contribution in [3.8, 4) is 0 Å². The van der Waals surface area contributed by atoms with Gasteiger partial charge in [0.05, 0.1) is 17.7 Å². The molecule has 110 valence electrons. The fourth-order valence-electron chi connectivity index (χ4n) is 1.95. The zero-order valence-electron chi connectivity index (χ0n) is 11.3. The van der Waals surface area contributed by atoms with E-state index in [1.165, 1.54) is 18.2 Å². The molecular formula is C13H14N4O4. The van der Waals surface area contributed by atoms with E-state index in [-0.39, 0.29) is 11.3 Å². The van der Waals surface area contributed by atoms with Crippen LogP contribution in [-0.2, 0) is 6.54 Å². The lowest BCUT2D eigenvalue weighted by molar-refractivity contribution is -0.384. The predicted molar refractivity (Wildman–Crippen MR) is 75.5 cm³/mol. The Kier molecular flexibility index (Phi) is 4.17. The van der Waals surface area contributed by atoms with Crippen molar-refractivity contribution >= 4 is 17.3 Å². The molecule has 0 fully saturated rings. The summed E-state index contributed by atoms with van der Waals surface area (Å²) in [6.45, 7) is 2.82. The summed E-state index contributed by atoms with van der Waals surface area (Å²) >= 11 is 0. The third-order valence-electron chi connectivity index (χ3n) is 2.87. The number of nitro benzene ring substituents is 1. The van der Waals surface area contributed by atoms with E-state index in [1.807, 2.05) is 13.1 Å². The average molecular weight is 290 g/mol. The lowest BCUT2D eigenvalue weighted by Gasteiger charge is -2.08. The van der Waals surface area contributed by atoms with E-state index in [2.05, 4.69) is 10.4 Å². The standard InChI is InChI=1S/C13H14N4O4/c1-9-7-15-16(8-9)6-5-14-11-4-2-3-10(13(18)19)12(11)17(20)21/h2-4,7-8,14H,5-6H2,1H3,(H,18,19). The highest BCUT2D eigenvalue weighted by Gasteiger charge is 2.23. The highest BCUT2D eigenvalue weighted by molar-refractivity contribution is 5.95. The number of nitrogens with zero attached hydrogens (tertiary/aromatic N) is 3. The normalized spacial score (nSPS) is 10.3. The van der Waals surface area contributed by atoms with Crippen LogP contribution in [0.15, 0.2) is 30.6 Å². The zero-order valence-corrected chi connectivity index (χ0v) is 11.3. The molecule has 0 aliphatic heterocycles. The summed E-state index contributed by atoms with van der Waals surface area (Å²) in [5.74, 6) is -1.33. The van der Waals surface area contributed by atoms with E-state index in [4.69, 9.17) is 5.11 Å². The lowest BCUT2D eigenvalue weighted by Crippen LogP contribution is -2.13. The van der Waals surface area contributed by atoms with Crippen molar-refractivity contribution in [2.24, 2.45) is 0 Å². The van der Waals surface area contributed by atoms with Crippen LogP contribution in [0.2, 0.25) is 0 Å². The summed E-state index contributed by atoms with van der Waals surface area (Å²) in [5, 5.41) is 27.0. The predicted octanol–water partition coefficient (Wildman–Crippen LogP) is 1.91. The minimum absolute atomic E-state index is 0.184. The number of nitrogens with one attached hydrogen (secondary N) is 1. The molecule has 0 saturated heterocycles. The van der Waals surface area contributed by atoms with E-state index in [0.29, 0.717) is 13.1 Å². The second-order valence-electron chi connectivity index (χ2n) is 4.47. The van der Waals surface area contributed by atoms with Crippen molar-refractivity contribution in [2.75, 3.05) is 11.9 Å². The first kappa shape index (κ1) is 14.5. The van der Waals surface area contributed by atoms with Crippen LogP contribution in [0, 0.1) is 17.0 Å². The van der Waals surface area contributed by atoms with Gasteiger partial charge >= 0.3 is 11.7 Å². The molecule has 0 unspecified atom stereocenters. The number of aromatic carboxylic acids is 1. The van der Waals surface area contributed by atoms with Crippen molar-refractivity contribution in [3.05, 3.63) is 51.8 Å². The molecule has 0 radical (unpaired) electrons. The second-order valence-corrected chi connectivity index (χ2v) is 4.47. The Morgan fingerprint density at radius 1 is 1.52 bits per heavy atom. The van der Waals surface area contributed by atoms with Crippen LogP contribution in [0.5, 0.6) is 0 Å². The van der Waals surface area contributed by atoms with Gasteiger partial charge in [0.15, 0.2) is 0 Å². The van der Waals surface area contributed by atoms with Crippen LogP contribution in [0.4, 0.5) is 11.4 Å². The Balaban J connectivity index is 2.14. The molecule has 0 saturated carbocycles. The molecule has 0 amide bonds. The molecular weight excluding hydrogens is 276 g/mol. The van der Waals surface area contributed by atoms with Crippen LogP contribution in [0.1, 0.15) is 15.9 Å². The van der Waals surface area contributed by atoms with Gasteiger partial charge in [-0.2, -0.15) is 5.10 Å². The monoisotopic (exact) mass is 290 g/mol. The molecule has 2 rings (SSSR count). The number of aryl methyl sites for hydroxylation is 1. The Labute approximate surface area is 120 Å². The molecule has 2 N–H and O–H groups in total. The summed E-state index contributed by atoms with van der Waals surface area (Å²) in [7, 11) is 0. The first-order valence-electron chi connectivity index (χ1n) is 6.22. The molecule has 0 atom stereocenters. The lowest BCUT2D eigenvalue weighted by atomic mass is 10.1. The van der Waals surface area contributed by atoms with E-state index in [9.17, 15) is 14.9 Å². The van der Waals surface area contributed by atoms with Crippen molar-refractivity contribution in [1.29, 1.82) is 0 Å². The molecule has 2 aromatic rings. The van der Waals surface area contributed by atoms with Crippen LogP contribution in [-0.4, -0.2) is 32.3 Å². The number of carboxylic acids is 1. The SMILES string of the molecule is Cc1cnn(CCNc2cccc(C(=O)O)c2[N+](=O)[O-])c1. The summed E-state index contributed by atoms with van der Waals surface area (Å²) < 4.78 is 1.70. The Morgan fingerprint density at radius 3 is 2.86 bits per heavy atom. The van der Waals surface area contributed by atoms with Crippen molar-refractivity contribution in [2.45, 2.75) is 13.5 Å². The van der Waals surface area contributed by atoms with Crippen LogP contribution in [0.25, 0.3) is 0 Å². The van der Waals surface area contributed by atoms with Crippen molar-refractivity contribution in [1.82, 2.24) is 9.78 Å². The van der Waals surface area contributed by atoms with E-state index in [1.54, 1.807) is 10.9 Å². The van der Waals surface area contributed by atoms with Crippen LogP contribution in [0.3, 0.4) is 0 Å². The van der Waals surface area contributed by atoms with Gasteiger partial charge in [-0.15, -0.1) is 0 Å². The maximum Gasteiger partial charge on any atom is 0.342 e. The maximum absolute atomic E-state index is 11.1. The van der Waals surface area contributed by atoms with E-state index >= 15 is 0 Å². The van der Waals surface area contributed by atoms with Gasteiger partial charge in [0, 0.05) is 12.7 Å². The molecule has 1 heterocycles. The highest BCUT2D eigenvalue weighted by atomic mass is 16.6. The van der Waals surface area contributed by atoms with Gasteiger partial charge in [0.25, 0.3) is 0 Å². The van der Waals surface area contributed by atoms with Gasteiger partial charge in [-0.1, -0.05) is 6.07 Å². The fourth-order valence-corrected chi connectivity index (χ4v) is 1.95. The van der Waals surface area contributed by atoms with Gasteiger partial charge in [0.1, 0.15) is 11.3 Å². The van der Waals surface area contributed by atoms with Gasteiger partial charge in [-0.25, -0.2) is 4.79 Å². The molecule has 1 aromatic heterocycles. The number of carbonyl (C=O) groups is 1. The topological polar surface area (TPSA) is 110 Å². The highest BCUT2D eigenvalue weighted by Crippen LogP contribution is 2.28. The Bertz CT molecular complexity index is 681. The number of para-hydroxylation sites is 1. The summed E-state index contributed by atoms with van der Waals surface area (Å²) in [6, 6.07) is 4.16. The molecule has 1 aromatic carbocycles. The van der Waals surface area contributed by atoms with E-state index in [0.717, 1.165) is 5.56 Å². The fraction of sp³-hybridized carbons (Fsp3) is 0.231. The summed E-state index contributed by atoms with van der Waals surface area (Å²) in [6.07, 6.45) is 3.57. The first-order valence-corrected chi connectivity index (χ1v) is 6.22. The molecule has 0 spiro atoms. The Morgan fingerprint density at radius 2 is 2.29 bits per heavy atom. The molecule has 0 aliphatic rings. The zero-order chi connectivity index (χ0) is 15.4. The van der Waals surface area contributed by atoms with Crippen molar-refractivity contribution < 1.29 is 14.8 Å². The summed E-state index contributed by atoms with van der Waals surface area (Å²) in [4.78, 5) is 21.4. The number of benzene rings is 1. The number of hydrogen-bond donors (Lipinski definition) is 2. The Hall–Kier alpha value is -2.90. The van der Waals surface area contributed by atoms with Gasteiger partial charge < -0.3 is 10.4 Å². The number of carboxylic acid groups (broad SMARTS) is 1. The first-order chi connectivity index (χ1) is 9.99.